The molecule has 1 atom stereocenters. The quantitative estimate of drug-likeness (QED) is 0.875. The van der Waals surface area contributed by atoms with Crippen LogP contribution in [0.2, 0.25) is 0 Å². The number of anilines is 1. The molecule has 0 aliphatic carbocycles. The summed E-state index contributed by atoms with van der Waals surface area (Å²) in [5.74, 6) is 0. The van der Waals surface area contributed by atoms with Crippen LogP contribution in [-0.2, 0) is 17.1 Å². The van der Waals surface area contributed by atoms with Crippen molar-refractivity contribution in [1.82, 2.24) is 9.78 Å². The van der Waals surface area contributed by atoms with Gasteiger partial charge in [0.05, 0.1) is 24.5 Å². The maximum Gasteiger partial charge on any atom is 0.267 e. The zero-order valence-corrected chi connectivity index (χ0v) is 12.9. The molecule has 1 N–H and O–H groups in total. The smallest absolute Gasteiger partial charge is 0.267 e. The van der Waals surface area contributed by atoms with Crippen LogP contribution in [-0.4, -0.2) is 36.0 Å². The van der Waals surface area contributed by atoms with Gasteiger partial charge in [0, 0.05) is 13.2 Å². The summed E-state index contributed by atoms with van der Waals surface area (Å²) in [7, 11) is -2.09. The molecule has 2 rings (SSSR count). The molecule has 0 saturated carbocycles. The van der Waals surface area contributed by atoms with E-state index >= 15 is 0 Å². The Morgan fingerprint density at radius 1 is 1.33 bits per heavy atom. The number of rotatable bonds is 6. The standard InChI is InChI=1S/C14H19N3O3S/c1-3-13(18)10-17(12-7-5-4-6-8-12)21(19,20)14-9-15-16(2)11-14/h4-9,11,13,18H,3,10H2,1-2H3/t13-/m1/s1. The zero-order chi connectivity index (χ0) is 15.5. The lowest BCUT2D eigenvalue weighted by atomic mass is 10.2. The Labute approximate surface area is 124 Å². The van der Waals surface area contributed by atoms with Gasteiger partial charge in [-0.1, -0.05) is 25.1 Å². The van der Waals surface area contributed by atoms with E-state index in [0.29, 0.717) is 12.1 Å². The molecule has 114 valence electrons. The highest BCUT2D eigenvalue weighted by Gasteiger charge is 2.27. The molecular formula is C14H19N3O3S. The molecule has 0 radical (unpaired) electrons. The molecule has 0 aliphatic heterocycles. The van der Waals surface area contributed by atoms with Crippen LogP contribution in [0.15, 0.2) is 47.6 Å². The minimum Gasteiger partial charge on any atom is -0.391 e. The number of aliphatic hydroxyl groups excluding tert-OH is 1. The SMILES string of the molecule is CC[C@@H](O)CN(c1ccccc1)S(=O)(=O)c1cnn(C)c1. The van der Waals surface area contributed by atoms with Crippen LogP contribution >= 0.6 is 0 Å². The molecule has 6 nitrogen and oxygen atoms in total. The van der Waals surface area contributed by atoms with E-state index in [-0.39, 0.29) is 11.4 Å². The lowest BCUT2D eigenvalue weighted by Gasteiger charge is -2.25. The van der Waals surface area contributed by atoms with Gasteiger partial charge >= 0.3 is 0 Å². The molecule has 2 aromatic rings. The summed E-state index contributed by atoms with van der Waals surface area (Å²) in [5, 5.41) is 13.8. The number of aliphatic hydroxyl groups is 1. The Kier molecular flexibility index (Phi) is 4.64. The van der Waals surface area contributed by atoms with Gasteiger partial charge in [0.1, 0.15) is 4.90 Å². The van der Waals surface area contributed by atoms with Crippen molar-refractivity contribution >= 4 is 15.7 Å². The van der Waals surface area contributed by atoms with E-state index in [1.54, 1.807) is 31.3 Å². The predicted molar refractivity (Wildman–Crippen MR) is 80.5 cm³/mol. The third-order valence-corrected chi connectivity index (χ3v) is 4.91. The Hall–Kier alpha value is -1.86. The van der Waals surface area contributed by atoms with Gasteiger partial charge in [-0.25, -0.2) is 8.42 Å². The van der Waals surface area contributed by atoms with Crippen LogP contribution in [0.25, 0.3) is 0 Å². The Bertz CT molecular complexity index is 682. The topological polar surface area (TPSA) is 75.4 Å². The molecule has 0 unspecified atom stereocenters. The Balaban J connectivity index is 2.44. The van der Waals surface area contributed by atoms with E-state index in [2.05, 4.69) is 5.10 Å². The molecule has 1 aromatic heterocycles. The van der Waals surface area contributed by atoms with Crippen molar-refractivity contribution in [2.75, 3.05) is 10.8 Å². The Morgan fingerprint density at radius 2 is 2.00 bits per heavy atom. The van der Waals surface area contributed by atoms with Gasteiger partial charge in [-0.05, 0) is 18.6 Å². The number of sulfonamides is 1. The van der Waals surface area contributed by atoms with Gasteiger partial charge in [-0.15, -0.1) is 0 Å². The van der Waals surface area contributed by atoms with E-state index in [1.165, 1.54) is 21.4 Å². The molecule has 7 heteroatoms. The molecular weight excluding hydrogens is 290 g/mol. The maximum atomic E-state index is 12.8. The second-order valence-electron chi connectivity index (χ2n) is 4.78. The summed E-state index contributed by atoms with van der Waals surface area (Å²) in [4.78, 5) is 0.108. The zero-order valence-electron chi connectivity index (χ0n) is 12.0. The normalized spacial score (nSPS) is 13.1. The predicted octanol–water partition coefficient (Wildman–Crippen LogP) is 1.39. The van der Waals surface area contributed by atoms with E-state index in [1.807, 2.05) is 13.0 Å². The fraction of sp³-hybridized carbons (Fsp3) is 0.357. The van der Waals surface area contributed by atoms with Crippen molar-refractivity contribution in [1.29, 1.82) is 0 Å². The first kappa shape index (κ1) is 15.5. The minimum atomic E-state index is -3.75. The average molecular weight is 309 g/mol. The van der Waals surface area contributed by atoms with Crippen molar-refractivity contribution in [3.05, 3.63) is 42.7 Å². The van der Waals surface area contributed by atoms with Crippen molar-refractivity contribution in [3.63, 3.8) is 0 Å². The summed E-state index contributed by atoms with van der Waals surface area (Å²) in [5.41, 5.74) is 0.522. The maximum absolute atomic E-state index is 12.8. The monoisotopic (exact) mass is 309 g/mol. The van der Waals surface area contributed by atoms with Crippen LogP contribution in [0.3, 0.4) is 0 Å². The largest absolute Gasteiger partial charge is 0.391 e. The molecule has 0 saturated heterocycles. The molecule has 0 bridgehead atoms. The van der Waals surface area contributed by atoms with Crippen LogP contribution in [0, 0.1) is 0 Å². The third-order valence-electron chi connectivity index (χ3n) is 3.16. The highest BCUT2D eigenvalue weighted by molar-refractivity contribution is 7.92. The number of nitrogens with zero attached hydrogens (tertiary/aromatic N) is 3. The third kappa shape index (κ3) is 3.43. The van der Waals surface area contributed by atoms with Gasteiger partial charge in [0.2, 0.25) is 0 Å². The molecule has 0 aliphatic rings. The highest BCUT2D eigenvalue weighted by atomic mass is 32.2. The average Bonchev–Trinajstić information content (AvgIpc) is 2.92. The summed E-state index contributed by atoms with van der Waals surface area (Å²) in [6.45, 7) is 1.82. The Morgan fingerprint density at radius 3 is 2.52 bits per heavy atom. The van der Waals surface area contributed by atoms with E-state index < -0.39 is 16.1 Å². The highest BCUT2D eigenvalue weighted by Crippen LogP contribution is 2.23. The van der Waals surface area contributed by atoms with E-state index in [9.17, 15) is 13.5 Å². The number of hydrogen-bond acceptors (Lipinski definition) is 4. The van der Waals surface area contributed by atoms with Crippen molar-refractivity contribution in [2.45, 2.75) is 24.3 Å². The minimum absolute atomic E-state index is 0.0116. The molecule has 21 heavy (non-hydrogen) atoms. The van der Waals surface area contributed by atoms with Gasteiger partial charge in [-0.3, -0.25) is 8.99 Å². The fourth-order valence-electron chi connectivity index (χ4n) is 1.92. The number of benzene rings is 1. The first-order valence-electron chi connectivity index (χ1n) is 6.69. The van der Waals surface area contributed by atoms with Crippen LogP contribution in [0.4, 0.5) is 5.69 Å². The van der Waals surface area contributed by atoms with Gasteiger partial charge in [-0.2, -0.15) is 5.10 Å². The fourth-order valence-corrected chi connectivity index (χ4v) is 3.40. The van der Waals surface area contributed by atoms with Crippen molar-refractivity contribution in [2.24, 2.45) is 7.05 Å². The second-order valence-corrected chi connectivity index (χ2v) is 6.65. The van der Waals surface area contributed by atoms with Crippen LogP contribution in [0.5, 0.6) is 0 Å². The number of aryl methyl sites for hydroxylation is 1. The van der Waals surface area contributed by atoms with Crippen LogP contribution in [0.1, 0.15) is 13.3 Å². The first-order valence-corrected chi connectivity index (χ1v) is 8.13. The lowest BCUT2D eigenvalue weighted by Crippen LogP contribution is -2.37. The summed E-state index contributed by atoms with van der Waals surface area (Å²) < 4.78 is 28.2. The molecule has 0 fully saturated rings. The van der Waals surface area contributed by atoms with E-state index in [0.717, 1.165) is 0 Å². The van der Waals surface area contributed by atoms with E-state index in [4.69, 9.17) is 0 Å². The lowest BCUT2D eigenvalue weighted by molar-refractivity contribution is 0.179. The molecule has 1 aromatic carbocycles. The van der Waals surface area contributed by atoms with Gasteiger partial charge < -0.3 is 5.11 Å². The molecule has 0 amide bonds. The number of hydrogen-bond donors (Lipinski definition) is 1. The molecule has 0 spiro atoms. The molecule has 1 heterocycles. The summed E-state index contributed by atoms with van der Waals surface area (Å²) in [6, 6.07) is 8.75. The van der Waals surface area contributed by atoms with Crippen LogP contribution < -0.4 is 4.31 Å². The van der Waals surface area contributed by atoms with Crippen molar-refractivity contribution in [3.8, 4) is 0 Å². The van der Waals surface area contributed by atoms with Gasteiger partial charge in [0.15, 0.2) is 0 Å². The van der Waals surface area contributed by atoms with Crippen molar-refractivity contribution < 1.29 is 13.5 Å². The number of aromatic nitrogens is 2. The second kappa shape index (κ2) is 6.28. The number of para-hydroxylation sites is 1. The van der Waals surface area contributed by atoms with Gasteiger partial charge in [0.25, 0.3) is 10.0 Å². The first-order chi connectivity index (χ1) is 9.95. The summed E-state index contributed by atoms with van der Waals surface area (Å²) in [6.07, 6.45) is 2.51. The summed E-state index contributed by atoms with van der Waals surface area (Å²) >= 11 is 0.